The van der Waals surface area contributed by atoms with E-state index < -0.39 is 11.8 Å². The van der Waals surface area contributed by atoms with E-state index in [2.05, 4.69) is 5.32 Å². The summed E-state index contributed by atoms with van der Waals surface area (Å²) in [6.07, 6.45) is 0. The SMILES string of the molecule is O=C(CN1C(=O)c2ccccc2C1=O)N[C@H](C[NH+]1CCOCC1)c1ccccc1. The number of hydrogen-bond donors (Lipinski definition) is 2. The van der Waals surface area contributed by atoms with Crippen molar-refractivity contribution in [3.63, 3.8) is 0 Å². The Morgan fingerprint density at radius 3 is 2.17 bits per heavy atom. The number of benzene rings is 2. The number of fused-ring (bicyclic) bond motifs is 1. The van der Waals surface area contributed by atoms with Crippen molar-refractivity contribution in [3.05, 3.63) is 71.3 Å². The molecular weight excluding hydrogens is 370 g/mol. The van der Waals surface area contributed by atoms with Crippen LogP contribution in [0.2, 0.25) is 0 Å². The second-order valence-corrected chi connectivity index (χ2v) is 7.34. The molecule has 0 spiro atoms. The number of nitrogens with zero attached hydrogens (tertiary/aromatic N) is 1. The second-order valence-electron chi connectivity index (χ2n) is 7.34. The molecule has 0 bridgehead atoms. The van der Waals surface area contributed by atoms with E-state index in [-0.39, 0.29) is 18.5 Å². The van der Waals surface area contributed by atoms with Crippen LogP contribution in [0.15, 0.2) is 54.6 Å². The molecule has 1 saturated heterocycles. The van der Waals surface area contributed by atoms with Gasteiger partial charge in [-0.15, -0.1) is 0 Å². The van der Waals surface area contributed by atoms with Crippen LogP contribution in [0.25, 0.3) is 0 Å². The van der Waals surface area contributed by atoms with Gasteiger partial charge in [0.05, 0.1) is 24.3 Å². The summed E-state index contributed by atoms with van der Waals surface area (Å²) in [5.74, 6) is -1.19. The summed E-state index contributed by atoms with van der Waals surface area (Å²) in [5, 5.41) is 3.03. The zero-order valence-electron chi connectivity index (χ0n) is 16.1. The standard InChI is InChI=1S/C22H23N3O4/c26-20(15-25-21(27)17-8-4-5-9-18(17)22(25)28)23-19(16-6-2-1-3-7-16)14-24-10-12-29-13-11-24/h1-9,19H,10-15H2,(H,23,26)/p+1/t19-/m1/s1. The first kappa shape index (κ1) is 19.3. The zero-order valence-corrected chi connectivity index (χ0v) is 16.1. The molecule has 0 aliphatic carbocycles. The van der Waals surface area contributed by atoms with Gasteiger partial charge in [0.2, 0.25) is 5.91 Å². The predicted octanol–water partition coefficient (Wildman–Crippen LogP) is 0.0552. The Hall–Kier alpha value is -3.03. The van der Waals surface area contributed by atoms with Crippen molar-refractivity contribution in [2.24, 2.45) is 0 Å². The van der Waals surface area contributed by atoms with Gasteiger partial charge in [0.25, 0.3) is 11.8 Å². The lowest BCUT2D eigenvalue weighted by Gasteiger charge is -2.28. The molecule has 7 nitrogen and oxygen atoms in total. The van der Waals surface area contributed by atoms with Gasteiger partial charge in [-0.05, 0) is 17.7 Å². The first-order chi connectivity index (χ1) is 14.1. The third-order valence-corrected chi connectivity index (χ3v) is 5.41. The summed E-state index contributed by atoms with van der Waals surface area (Å²) in [6, 6.07) is 16.2. The van der Waals surface area contributed by atoms with E-state index in [1.165, 1.54) is 4.90 Å². The minimum absolute atomic E-state index is 0.202. The average Bonchev–Trinajstić information content (AvgIpc) is 3.00. The number of rotatable bonds is 6. The van der Waals surface area contributed by atoms with Crippen molar-refractivity contribution in [1.82, 2.24) is 10.2 Å². The first-order valence-electron chi connectivity index (χ1n) is 9.84. The van der Waals surface area contributed by atoms with Crippen LogP contribution >= 0.6 is 0 Å². The van der Waals surface area contributed by atoms with Crippen LogP contribution < -0.4 is 10.2 Å². The Labute approximate surface area is 169 Å². The number of imide groups is 1. The molecule has 2 aromatic carbocycles. The van der Waals surface area contributed by atoms with Crippen molar-refractivity contribution in [3.8, 4) is 0 Å². The summed E-state index contributed by atoms with van der Waals surface area (Å²) >= 11 is 0. The molecule has 1 fully saturated rings. The molecule has 0 unspecified atom stereocenters. The van der Waals surface area contributed by atoms with E-state index >= 15 is 0 Å². The summed E-state index contributed by atoms with van der Waals surface area (Å²) in [5.41, 5.74) is 1.70. The molecule has 0 aromatic heterocycles. The summed E-state index contributed by atoms with van der Waals surface area (Å²) in [6.45, 7) is 3.63. The number of ether oxygens (including phenoxy) is 1. The van der Waals surface area contributed by atoms with Gasteiger partial charge in [-0.25, -0.2) is 0 Å². The molecule has 0 saturated carbocycles. The normalized spacial score (nSPS) is 17.9. The maximum absolute atomic E-state index is 12.8. The highest BCUT2D eigenvalue weighted by molar-refractivity contribution is 6.22. The van der Waals surface area contributed by atoms with E-state index in [1.807, 2.05) is 30.3 Å². The van der Waals surface area contributed by atoms with Crippen molar-refractivity contribution in [1.29, 1.82) is 0 Å². The van der Waals surface area contributed by atoms with Gasteiger partial charge in [-0.3, -0.25) is 19.3 Å². The number of amides is 3. The molecule has 7 heteroatoms. The fraction of sp³-hybridized carbons (Fsp3) is 0.318. The monoisotopic (exact) mass is 394 g/mol. The molecule has 1 atom stereocenters. The van der Waals surface area contributed by atoms with Gasteiger partial charge in [-0.1, -0.05) is 42.5 Å². The third-order valence-electron chi connectivity index (χ3n) is 5.41. The van der Waals surface area contributed by atoms with E-state index in [9.17, 15) is 14.4 Å². The third kappa shape index (κ3) is 4.21. The highest BCUT2D eigenvalue weighted by Crippen LogP contribution is 2.22. The highest BCUT2D eigenvalue weighted by Gasteiger charge is 2.36. The topological polar surface area (TPSA) is 80.2 Å². The molecular formula is C22H24N3O4+. The fourth-order valence-electron chi connectivity index (χ4n) is 3.86. The highest BCUT2D eigenvalue weighted by atomic mass is 16.5. The second kappa shape index (κ2) is 8.55. The molecule has 150 valence electrons. The Morgan fingerprint density at radius 1 is 0.966 bits per heavy atom. The number of morpholine rings is 1. The Kier molecular flexibility index (Phi) is 5.69. The van der Waals surface area contributed by atoms with Crippen molar-refractivity contribution >= 4 is 17.7 Å². The Balaban J connectivity index is 1.45. The van der Waals surface area contributed by atoms with Crippen LogP contribution in [0.3, 0.4) is 0 Å². The maximum Gasteiger partial charge on any atom is 0.262 e. The number of carbonyl (C=O) groups excluding carboxylic acids is 3. The molecule has 2 aromatic rings. The number of carbonyl (C=O) groups is 3. The summed E-state index contributed by atoms with van der Waals surface area (Å²) in [7, 11) is 0. The van der Waals surface area contributed by atoms with Gasteiger partial charge >= 0.3 is 0 Å². The van der Waals surface area contributed by atoms with Crippen LogP contribution in [0.1, 0.15) is 32.3 Å². The summed E-state index contributed by atoms with van der Waals surface area (Å²) in [4.78, 5) is 40.2. The zero-order chi connectivity index (χ0) is 20.2. The van der Waals surface area contributed by atoms with Gasteiger partial charge in [-0.2, -0.15) is 0 Å². The summed E-state index contributed by atoms with van der Waals surface area (Å²) < 4.78 is 5.42. The lowest BCUT2D eigenvalue weighted by Crippen LogP contribution is -3.14. The number of quaternary nitrogens is 1. The van der Waals surface area contributed by atoms with Crippen molar-refractivity contribution in [2.75, 3.05) is 39.4 Å². The Bertz CT molecular complexity index is 874. The van der Waals surface area contributed by atoms with E-state index in [0.29, 0.717) is 24.3 Å². The van der Waals surface area contributed by atoms with Crippen LogP contribution in [0, 0.1) is 0 Å². The minimum Gasteiger partial charge on any atom is -0.370 e. The van der Waals surface area contributed by atoms with Crippen molar-refractivity contribution in [2.45, 2.75) is 6.04 Å². The van der Waals surface area contributed by atoms with Crippen LogP contribution in [0.5, 0.6) is 0 Å². The number of nitrogens with one attached hydrogen (secondary N) is 2. The molecule has 2 heterocycles. The van der Waals surface area contributed by atoms with E-state index in [1.54, 1.807) is 24.3 Å². The Morgan fingerprint density at radius 2 is 1.55 bits per heavy atom. The van der Waals surface area contributed by atoms with Gasteiger partial charge in [0, 0.05) is 0 Å². The molecule has 0 radical (unpaired) electrons. The van der Waals surface area contributed by atoms with E-state index in [4.69, 9.17) is 4.74 Å². The van der Waals surface area contributed by atoms with Crippen molar-refractivity contribution < 1.29 is 24.0 Å². The molecule has 2 aliphatic rings. The van der Waals surface area contributed by atoms with Crippen LogP contribution in [-0.4, -0.2) is 62.0 Å². The van der Waals surface area contributed by atoms with Gasteiger partial charge in [0.15, 0.2) is 0 Å². The molecule has 2 N–H and O–H groups in total. The maximum atomic E-state index is 12.8. The average molecular weight is 394 g/mol. The van der Waals surface area contributed by atoms with Gasteiger partial charge < -0.3 is 15.0 Å². The minimum atomic E-state index is -0.421. The molecule has 3 amide bonds. The van der Waals surface area contributed by atoms with Crippen LogP contribution in [-0.2, 0) is 9.53 Å². The van der Waals surface area contributed by atoms with Crippen LogP contribution in [0.4, 0.5) is 0 Å². The molecule has 29 heavy (non-hydrogen) atoms. The predicted molar refractivity (Wildman–Crippen MR) is 106 cm³/mol. The van der Waals surface area contributed by atoms with E-state index in [0.717, 1.165) is 30.1 Å². The quantitative estimate of drug-likeness (QED) is 0.679. The number of hydrogen-bond acceptors (Lipinski definition) is 4. The smallest absolute Gasteiger partial charge is 0.262 e. The fourth-order valence-corrected chi connectivity index (χ4v) is 3.86. The first-order valence-corrected chi connectivity index (χ1v) is 9.84. The lowest BCUT2D eigenvalue weighted by atomic mass is 10.1. The molecule has 2 aliphatic heterocycles. The largest absolute Gasteiger partial charge is 0.370 e. The molecule has 4 rings (SSSR count). The van der Waals surface area contributed by atoms with Gasteiger partial charge in [0.1, 0.15) is 32.2 Å². The lowest BCUT2D eigenvalue weighted by molar-refractivity contribution is -0.909.